The Hall–Kier alpha value is -2.64. The number of hydrogen-bond acceptors (Lipinski definition) is 5. The number of nitrogens with one attached hydrogen (secondary N) is 2. The van der Waals surface area contributed by atoms with E-state index in [0.29, 0.717) is 34.5 Å². The number of ether oxygens (including phenoxy) is 1. The van der Waals surface area contributed by atoms with E-state index < -0.39 is 0 Å². The van der Waals surface area contributed by atoms with E-state index in [9.17, 15) is 9.59 Å². The molecule has 0 unspecified atom stereocenters. The summed E-state index contributed by atoms with van der Waals surface area (Å²) in [6.45, 7) is 3.87. The number of carbonyl (C=O) groups is 2. The van der Waals surface area contributed by atoms with Crippen molar-refractivity contribution in [3.05, 3.63) is 64.8 Å². The second kappa shape index (κ2) is 9.74. The maximum Gasteiger partial charge on any atom is 0.274 e. The summed E-state index contributed by atoms with van der Waals surface area (Å²) < 4.78 is 5.32. The monoisotopic (exact) mass is 394 g/mol. The zero-order valence-electron chi connectivity index (χ0n) is 13.7. The molecular weight excluding hydrogens is 379 g/mol. The number of rotatable bonds is 8. The van der Waals surface area contributed by atoms with E-state index in [-0.39, 0.29) is 24.1 Å². The van der Waals surface area contributed by atoms with Gasteiger partial charge in [-0.05, 0) is 18.2 Å². The zero-order valence-corrected chi connectivity index (χ0v) is 15.2. The molecule has 2 N–H and O–H groups in total. The lowest BCUT2D eigenvalue weighted by Gasteiger charge is -2.10. The van der Waals surface area contributed by atoms with Crippen molar-refractivity contribution in [3.8, 4) is 5.75 Å². The van der Waals surface area contributed by atoms with Crippen LogP contribution >= 0.6 is 23.2 Å². The molecule has 2 rings (SSSR count). The van der Waals surface area contributed by atoms with Crippen LogP contribution in [0.5, 0.6) is 5.75 Å². The van der Waals surface area contributed by atoms with E-state index in [2.05, 4.69) is 27.2 Å². The third kappa shape index (κ3) is 6.34. The van der Waals surface area contributed by atoms with Gasteiger partial charge in [-0.15, -0.1) is 0 Å². The first-order valence-corrected chi connectivity index (χ1v) is 8.31. The molecule has 7 nitrogen and oxygen atoms in total. The lowest BCUT2D eigenvalue weighted by Crippen LogP contribution is -2.31. The Bertz CT molecular complexity index is 800. The predicted octanol–water partition coefficient (Wildman–Crippen LogP) is 2.61. The molecule has 0 spiro atoms. The van der Waals surface area contributed by atoms with Crippen molar-refractivity contribution in [2.24, 2.45) is 0 Å². The first-order chi connectivity index (χ1) is 12.5. The molecule has 0 atom stereocenters. The largest absolute Gasteiger partial charge is 0.484 e. The van der Waals surface area contributed by atoms with E-state index in [0.717, 1.165) is 0 Å². The van der Waals surface area contributed by atoms with Crippen molar-refractivity contribution in [3.63, 3.8) is 0 Å². The molecule has 26 heavy (non-hydrogen) atoms. The summed E-state index contributed by atoms with van der Waals surface area (Å²) in [7, 11) is 0. The van der Waals surface area contributed by atoms with Gasteiger partial charge in [0.05, 0.1) is 10.0 Å². The summed E-state index contributed by atoms with van der Waals surface area (Å²) in [5.41, 5.74) is 0.694. The number of amides is 2. The molecule has 0 aliphatic heterocycles. The van der Waals surface area contributed by atoms with Crippen molar-refractivity contribution in [2.75, 3.05) is 13.2 Å². The number of aromatic nitrogens is 2. The number of nitrogens with zero attached hydrogens (tertiary/aromatic N) is 2. The van der Waals surface area contributed by atoms with Crippen molar-refractivity contribution >= 4 is 35.0 Å². The molecule has 0 fully saturated rings. The SMILES string of the molecule is C=C(CCNC(=O)COc1ccc(Cl)c(Cl)c1)NC(=O)c1ccncn1. The van der Waals surface area contributed by atoms with Crippen LogP contribution in [0, 0.1) is 0 Å². The van der Waals surface area contributed by atoms with Crippen molar-refractivity contribution < 1.29 is 14.3 Å². The fraction of sp³-hybridized carbons (Fsp3) is 0.176. The first-order valence-electron chi connectivity index (χ1n) is 7.55. The van der Waals surface area contributed by atoms with Gasteiger partial charge < -0.3 is 15.4 Å². The zero-order chi connectivity index (χ0) is 18.9. The lowest BCUT2D eigenvalue weighted by molar-refractivity contribution is -0.123. The van der Waals surface area contributed by atoms with Crippen molar-refractivity contribution in [1.29, 1.82) is 0 Å². The molecular formula is C17H16Cl2N4O3. The Morgan fingerprint density at radius 1 is 1.19 bits per heavy atom. The maximum absolute atomic E-state index is 11.9. The highest BCUT2D eigenvalue weighted by Gasteiger charge is 2.08. The van der Waals surface area contributed by atoms with Gasteiger partial charge in [-0.1, -0.05) is 29.8 Å². The number of hydrogen-bond donors (Lipinski definition) is 2. The van der Waals surface area contributed by atoms with Crippen LogP contribution in [0.4, 0.5) is 0 Å². The molecule has 0 radical (unpaired) electrons. The standard InChI is InChI=1S/C17H16Cl2N4O3/c1-11(23-17(25)15-5-6-20-10-22-15)4-7-21-16(24)9-26-12-2-3-13(18)14(19)8-12/h2-3,5-6,8,10H,1,4,7,9H2,(H,21,24)(H,23,25). The molecule has 1 heterocycles. The second-order valence-electron chi connectivity index (χ2n) is 5.12. The highest BCUT2D eigenvalue weighted by Crippen LogP contribution is 2.26. The van der Waals surface area contributed by atoms with Gasteiger partial charge in [-0.25, -0.2) is 9.97 Å². The topological polar surface area (TPSA) is 93.2 Å². The van der Waals surface area contributed by atoms with Crippen LogP contribution in [-0.4, -0.2) is 34.9 Å². The molecule has 1 aromatic carbocycles. The van der Waals surface area contributed by atoms with Gasteiger partial charge in [0.25, 0.3) is 11.8 Å². The van der Waals surface area contributed by atoms with Crippen molar-refractivity contribution in [2.45, 2.75) is 6.42 Å². The molecule has 0 bridgehead atoms. The Kier molecular flexibility index (Phi) is 7.37. The maximum atomic E-state index is 11.9. The van der Waals surface area contributed by atoms with Crippen LogP contribution in [0.25, 0.3) is 0 Å². The van der Waals surface area contributed by atoms with Crippen LogP contribution in [0.1, 0.15) is 16.9 Å². The molecule has 1 aromatic heterocycles. The van der Waals surface area contributed by atoms with Gasteiger partial charge in [-0.2, -0.15) is 0 Å². The summed E-state index contributed by atoms with van der Waals surface area (Å²) in [4.78, 5) is 31.2. The van der Waals surface area contributed by atoms with Gasteiger partial charge >= 0.3 is 0 Å². The van der Waals surface area contributed by atoms with E-state index >= 15 is 0 Å². The molecule has 0 aliphatic carbocycles. The third-order valence-electron chi connectivity index (χ3n) is 3.11. The fourth-order valence-electron chi connectivity index (χ4n) is 1.83. The average Bonchev–Trinajstić information content (AvgIpc) is 2.63. The van der Waals surface area contributed by atoms with Gasteiger partial charge in [0, 0.05) is 30.9 Å². The quantitative estimate of drug-likeness (QED) is 0.717. The molecule has 0 aliphatic rings. The van der Waals surface area contributed by atoms with Crippen LogP contribution < -0.4 is 15.4 Å². The summed E-state index contributed by atoms with van der Waals surface area (Å²) in [6, 6.07) is 6.22. The lowest BCUT2D eigenvalue weighted by atomic mass is 10.3. The molecule has 2 amide bonds. The molecule has 0 saturated carbocycles. The number of benzene rings is 1. The molecule has 9 heteroatoms. The van der Waals surface area contributed by atoms with Crippen LogP contribution in [-0.2, 0) is 4.79 Å². The first kappa shape index (κ1) is 19.7. The van der Waals surface area contributed by atoms with Gasteiger partial charge in [-0.3, -0.25) is 9.59 Å². The van der Waals surface area contributed by atoms with E-state index in [1.807, 2.05) is 0 Å². The predicted molar refractivity (Wildman–Crippen MR) is 98.2 cm³/mol. The number of carbonyl (C=O) groups excluding carboxylic acids is 2. The summed E-state index contributed by atoms with van der Waals surface area (Å²) in [5, 5.41) is 6.02. The van der Waals surface area contributed by atoms with E-state index in [1.165, 1.54) is 24.7 Å². The van der Waals surface area contributed by atoms with Crippen LogP contribution in [0.2, 0.25) is 10.0 Å². The van der Waals surface area contributed by atoms with Gasteiger partial charge in [0.2, 0.25) is 0 Å². The number of halogens is 2. The minimum Gasteiger partial charge on any atom is -0.484 e. The van der Waals surface area contributed by atoms with E-state index in [4.69, 9.17) is 27.9 Å². The summed E-state index contributed by atoms with van der Waals surface area (Å²) in [5.74, 6) is -0.256. The fourth-order valence-corrected chi connectivity index (χ4v) is 2.12. The average molecular weight is 395 g/mol. The molecule has 136 valence electrons. The minimum absolute atomic E-state index is 0.169. The minimum atomic E-state index is -0.383. The summed E-state index contributed by atoms with van der Waals surface area (Å²) >= 11 is 11.7. The van der Waals surface area contributed by atoms with Crippen molar-refractivity contribution in [1.82, 2.24) is 20.6 Å². The van der Waals surface area contributed by atoms with E-state index in [1.54, 1.807) is 12.1 Å². The smallest absolute Gasteiger partial charge is 0.274 e. The Morgan fingerprint density at radius 2 is 2.00 bits per heavy atom. The second-order valence-corrected chi connectivity index (χ2v) is 5.93. The highest BCUT2D eigenvalue weighted by molar-refractivity contribution is 6.42. The molecule has 2 aromatic rings. The van der Waals surface area contributed by atoms with Gasteiger partial charge in [0.15, 0.2) is 6.61 Å². The normalized spacial score (nSPS) is 10.1. The molecule has 0 saturated heterocycles. The highest BCUT2D eigenvalue weighted by atomic mass is 35.5. The Labute approximate surface area is 160 Å². The Balaban J connectivity index is 1.66. The summed E-state index contributed by atoms with van der Waals surface area (Å²) in [6.07, 6.45) is 3.12. The third-order valence-corrected chi connectivity index (χ3v) is 3.85. The van der Waals surface area contributed by atoms with Gasteiger partial charge in [0.1, 0.15) is 17.8 Å². The van der Waals surface area contributed by atoms with Crippen LogP contribution in [0.15, 0.2) is 49.1 Å². The Morgan fingerprint density at radius 3 is 2.69 bits per heavy atom. The van der Waals surface area contributed by atoms with Crippen LogP contribution in [0.3, 0.4) is 0 Å².